The molecule has 29 heavy (non-hydrogen) atoms. The predicted molar refractivity (Wildman–Crippen MR) is 111 cm³/mol. The summed E-state index contributed by atoms with van der Waals surface area (Å²) in [6, 6.07) is 13.0. The highest BCUT2D eigenvalue weighted by atomic mass is 32.2. The lowest BCUT2D eigenvalue weighted by Gasteiger charge is -2.27. The normalized spacial score (nSPS) is 18.7. The number of hydrogen-bond donors (Lipinski definition) is 2. The smallest absolute Gasteiger partial charge is 0.338 e. The molecule has 1 aliphatic carbocycles. The maximum atomic E-state index is 12.6. The van der Waals surface area contributed by atoms with Crippen LogP contribution in [0.1, 0.15) is 47.3 Å². The molecule has 0 saturated carbocycles. The minimum Gasteiger partial charge on any atom is -0.449 e. The molecule has 150 valence electrons. The Balaban J connectivity index is 1.40. The molecule has 2 amide bonds. The van der Waals surface area contributed by atoms with Crippen LogP contribution in [0.4, 0.5) is 5.69 Å². The van der Waals surface area contributed by atoms with E-state index in [-0.39, 0.29) is 17.9 Å². The number of fused-ring (bicyclic) bond motifs is 2. The molecule has 2 aromatic carbocycles. The van der Waals surface area contributed by atoms with Gasteiger partial charge in [-0.15, -0.1) is 11.8 Å². The zero-order valence-corrected chi connectivity index (χ0v) is 16.9. The first-order valence-electron chi connectivity index (χ1n) is 9.67. The number of hydrogen-bond acceptors (Lipinski definition) is 5. The van der Waals surface area contributed by atoms with Gasteiger partial charge in [0.1, 0.15) is 0 Å². The fraction of sp³-hybridized carbons (Fsp3) is 0.318. The highest BCUT2D eigenvalue weighted by molar-refractivity contribution is 8.00. The second-order valence-corrected chi connectivity index (χ2v) is 8.26. The van der Waals surface area contributed by atoms with Gasteiger partial charge < -0.3 is 15.4 Å². The minimum absolute atomic E-state index is 0.0652. The first-order valence-corrected chi connectivity index (χ1v) is 10.7. The van der Waals surface area contributed by atoms with Gasteiger partial charge in [-0.2, -0.15) is 0 Å². The molecule has 6 nitrogen and oxygen atoms in total. The van der Waals surface area contributed by atoms with Gasteiger partial charge in [0, 0.05) is 4.90 Å². The second-order valence-electron chi connectivity index (χ2n) is 7.25. The van der Waals surface area contributed by atoms with Crippen LogP contribution in [0.2, 0.25) is 0 Å². The van der Waals surface area contributed by atoms with E-state index in [4.69, 9.17) is 4.74 Å². The van der Waals surface area contributed by atoms with Crippen LogP contribution in [0, 0.1) is 0 Å². The maximum absolute atomic E-state index is 12.6. The Morgan fingerprint density at radius 3 is 2.93 bits per heavy atom. The molecule has 0 bridgehead atoms. The number of amides is 2. The third-order valence-corrected chi connectivity index (χ3v) is 6.26. The second kappa shape index (κ2) is 8.29. The van der Waals surface area contributed by atoms with E-state index in [0.29, 0.717) is 17.0 Å². The number of anilines is 1. The van der Waals surface area contributed by atoms with E-state index in [2.05, 4.69) is 16.7 Å². The lowest BCUT2D eigenvalue weighted by molar-refractivity contribution is -0.130. The average molecular weight is 410 g/mol. The van der Waals surface area contributed by atoms with Gasteiger partial charge in [0.05, 0.1) is 23.0 Å². The van der Waals surface area contributed by atoms with Crippen molar-refractivity contribution in [3.05, 3.63) is 59.2 Å². The Labute approximate surface area is 173 Å². The molecule has 1 heterocycles. The van der Waals surface area contributed by atoms with Gasteiger partial charge in [0.2, 0.25) is 5.91 Å². The van der Waals surface area contributed by atoms with Gasteiger partial charge in [-0.25, -0.2) is 4.79 Å². The van der Waals surface area contributed by atoms with E-state index in [1.807, 2.05) is 18.2 Å². The Hall–Kier alpha value is -2.80. The molecule has 2 aliphatic rings. The minimum atomic E-state index is -0.920. The molecule has 0 unspecified atom stereocenters. The number of ether oxygens (including phenoxy) is 1. The summed E-state index contributed by atoms with van der Waals surface area (Å²) in [6.07, 6.45) is 1.97. The van der Waals surface area contributed by atoms with Crippen LogP contribution in [0.15, 0.2) is 47.4 Å². The molecule has 2 atom stereocenters. The van der Waals surface area contributed by atoms with E-state index in [0.717, 1.165) is 29.7 Å². The fourth-order valence-corrected chi connectivity index (χ4v) is 4.47. The summed E-state index contributed by atoms with van der Waals surface area (Å²) < 4.78 is 5.38. The van der Waals surface area contributed by atoms with Gasteiger partial charge in [-0.05, 0) is 55.5 Å². The molecule has 7 heteroatoms. The van der Waals surface area contributed by atoms with Crippen LogP contribution < -0.4 is 10.6 Å². The Kier molecular flexibility index (Phi) is 5.58. The van der Waals surface area contributed by atoms with E-state index < -0.39 is 12.1 Å². The van der Waals surface area contributed by atoms with Crippen molar-refractivity contribution in [2.24, 2.45) is 0 Å². The number of rotatable bonds is 4. The number of carbonyl (C=O) groups is 3. The van der Waals surface area contributed by atoms with Crippen molar-refractivity contribution >= 4 is 35.2 Å². The van der Waals surface area contributed by atoms with Gasteiger partial charge in [0.15, 0.2) is 6.10 Å². The fourth-order valence-electron chi connectivity index (χ4n) is 3.69. The molecule has 2 N–H and O–H groups in total. The number of nitrogens with one attached hydrogen (secondary N) is 2. The number of aryl methyl sites for hydroxylation is 1. The first kappa shape index (κ1) is 19.5. The molecule has 2 aromatic rings. The van der Waals surface area contributed by atoms with E-state index in [1.165, 1.54) is 17.3 Å². The standard InChI is InChI=1S/C22H22N2O4S/c1-13(21(26)24-17-8-4-6-14-5-2-3-7-16(14)17)28-22(27)15-9-10-19-18(11-15)23-20(25)12-29-19/h2-3,5,7,9-11,13,17H,4,6,8,12H2,1H3,(H,23,25)(H,24,26)/t13-,17+/m1/s1. The zero-order chi connectivity index (χ0) is 20.4. The van der Waals surface area contributed by atoms with Crippen molar-refractivity contribution < 1.29 is 19.1 Å². The van der Waals surface area contributed by atoms with Crippen molar-refractivity contribution in [2.45, 2.75) is 43.2 Å². The maximum Gasteiger partial charge on any atom is 0.338 e. The number of carbonyl (C=O) groups excluding carboxylic acids is 3. The quantitative estimate of drug-likeness (QED) is 0.754. The van der Waals surface area contributed by atoms with Crippen LogP contribution >= 0.6 is 11.8 Å². The van der Waals surface area contributed by atoms with Crippen LogP contribution in [0.25, 0.3) is 0 Å². The van der Waals surface area contributed by atoms with E-state index >= 15 is 0 Å². The average Bonchev–Trinajstić information content (AvgIpc) is 2.73. The summed E-state index contributed by atoms with van der Waals surface area (Å²) in [6.45, 7) is 1.57. The summed E-state index contributed by atoms with van der Waals surface area (Å²) in [5.74, 6) is -0.655. The molecule has 0 spiro atoms. The van der Waals surface area contributed by atoms with E-state index in [1.54, 1.807) is 25.1 Å². The molecule has 0 aromatic heterocycles. The summed E-state index contributed by atoms with van der Waals surface area (Å²) in [5, 5.41) is 5.76. The van der Waals surface area contributed by atoms with Crippen molar-refractivity contribution in [1.82, 2.24) is 5.32 Å². The Morgan fingerprint density at radius 1 is 1.24 bits per heavy atom. The SMILES string of the molecule is C[C@@H](OC(=O)c1ccc2c(c1)NC(=O)CS2)C(=O)N[C@H]1CCCc2ccccc21. The molecule has 0 saturated heterocycles. The molecule has 4 rings (SSSR count). The largest absolute Gasteiger partial charge is 0.449 e. The van der Waals surface area contributed by atoms with Crippen molar-refractivity contribution in [2.75, 3.05) is 11.1 Å². The number of benzene rings is 2. The first-order chi connectivity index (χ1) is 14.0. The Bertz CT molecular complexity index is 975. The third-order valence-electron chi connectivity index (χ3n) is 5.19. The Morgan fingerprint density at radius 2 is 2.07 bits per heavy atom. The molecule has 0 fully saturated rings. The predicted octanol–water partition coefficient (Wildman–Crippen LogP) is 3.47. The molecule has 0 radical (unpaired) electrons. The van der Waals surface area contributed by atoms with Crippen molar-refractivity contribution in [3.8, 4) is 0 Å². The van der Waals surface area contributed by atoms with Crippen LogP contribution in [-0.4, -0.2) is 29.6 Å². The lowest BCUT2D eigenvalue weighted by atomic mass is 9.87. The number of esters is 1. The summed E-state index contributed by atoms with van der Waals surface area (Å²) in [7, 11) is 0. The highest BCUT2D eigenvalue weighted by Gasteiger charge is 2.26. The molecule has 1 aliphatic heterocycles. The van der Waals surface area contributed by atoms with E-state index in [9.17, 15) is 14.4 Å². The topological polar surface area (TPSA) is 84.5 Å². The summed E-state index contributed by atoms with van der Waals surface area (Å²) in [5.41, 5.74) is 3.28. The van der Waals surface area contributed by atoms with Crippen molar-refractivity contribution in [3.63, 3.8) is 0 Å². The molecular formula is C22H22N2O4S. The molecular weight excluding hydrogens is 388 g/mol. The van der Waals surface area contributed by atoms with Gasteiger partial charge in [-0.1, -0.05) is 24.3 Å². The lowest BCUT2D eigenvalue weighted by Crippen LogP contribution is -2.39. The van der Waals surface area contributed by atoms with Gasteiger partial charge in [0.25, 0.3) is 5.91 Å². The van der Waals surface area contributed by atoms with Crippen LogP contribution in [0.3, 0.4) is 0 Å². The number of thioether (sulfide) groups is 1. The highest BCUT2D eigenvalue weighted by Crippen LogP contribution is 2.32. The van der Waals surface area contributed by atoms with Crippen LogP contribution in [-0.2, 0) is 20.7 Å². The van der Waals surface area contributed by atoms with Gasteiger partial charge >= 0.3 is 5.97 Å². The summed E-state index contributed by atoms with van der Waals surface area (Å²) in [4.78, 5) is 37.6. The zero-order valence-electron chi connectivity index (χ0n) is 16.1. The van der Waals surface area contributed by atoms with Crippen LogP contribution in [0.5, 0.6) is 0 Å². The third kappa shape index (κ3) is 4.29. The summed E-state index contributed by atoms with van der Waals surface area (Å²) >= 11 is 1.42. The van der Waals surface area contributed by atoms with Crippen molar-refractivity contribution in [1.29, 1.82) is 0 Å². The monoisotopic (exact) mass is 410 g/mol. The van der Waals surface area contributed by atoms with Gasteiger partial charge in [-0.3, -0.25) is 9.59 Å².